The fraction of sp³-hybridized carbons (Fsp3) is 0.450. The van der Waals surface area contributed by atoms with Gasteiger partial charge in [0.15, 0.2) is 0 Å². The molecule has 2 fully saturated rings. The van der Waals surface area contributed by atoms with Crippen molar-refractivity contribution in [2.24, 2.45) is 28.8 Å². The van der Waals surface area contributed by atoms with Crippen LogP contribution in [0.4, 0.5) is 0 Å². The van der Waals surface area contributed by atoms with Gasteiger partial charge in [-0.1, -0.05) is 12.2 Å². The number of ether oxygens (including phenoxy) is 1. The molecular formula is C20H22N2O4. The largest absolute Gasteiger partial charge is 0.507 e. The van der Waals surface area contributed by atoms with Gasteiger partial charge in [-0.3, -0.25) is 9.59 Å². The van der Waals surface area contributed by atoms with E-state index < -0.39 is 0 Å². The minimum Gasteiger partial charge on any atom is -0.507 e. The number of hydrogen-bond acceptors (Lipinski definition) is 5. The summed E-state index contributed by atoms with van der Waals surface area (Å²) in [5.41, 5.74) is 0.428. The first kappa shape index (κ1) is 16.8. The third-order valence-electron chi connectivity index (χ3n) is 5.42. The molecule has 2 bridgehead atoms. The summed E-state index contributed by atoms with van der Waals surface area (Å²) in [7, 11) is 0. The van der Waals surface area contributed by atoms with Crippen LogP contribution in [0.1, 0.15) is 32.3 Å². The first-order valence-corrected chi connectivity index (χ1v) is 9.05. The molecule has 1 saturated heterocycles. The Morgan fingerprint density at radius 3 is 2.27 bits per heavy atom. The zero-order chi connectivity index (χ0) is 18.4. The highest BCUT2D eigenvalue weighted by Gasteiger charge is 2.56. The van der Waals surface area contributed by atoms with Crippen molar-refractivity contribution in [2.45, 2.75) is 32.8 Å². The lowest BCUT2D eigenvalue weighted by Gasteiger charge is -2.37. The Kier molecular flexibility index (Phi) is 4.05. The second-order valence-electron chi connectivity index (χ2n) is 7.46. The molecule has 1 heterocycles. The Balaban J connectivity index is 1.54. The maximum atomic E-state index is 12.7. The summed E-state index contributed by atoms with van der Waals surface area (Å²) in [6.07, 6.45) is 7.42. The minimum atomic E-state index is -0.279. The highest BCUT2D eigenvalue weighted by Crippen LogP contribution is 2.49. The molecule has 6 heteroatoms. The molecule has 1 N–H and O–H groups in total. The number of hydrazone groups is 1. The number of carbonyl (C=O) groups is 2. The zero-order valence-electron chi connectivity index (χ0n) is 14.8. The monoisotopic (exact) mass is 354 g/mol. The molecule has 0 unspecified atom stereocenters. The average molecular weight is 354 g/mol. The molecular weight excluding hydrogens is 332 g/mol. The van der Waals surface area contributed by atoms with Crippen molar-refractivity contribution in [3.8, 4) is 11.5 Å². The summed E-state index contributed by atoms with van der Waals surface area (Å²) in [6.45, 7) is 3.80. The quantitative estimate of drug-likeness (QED) is 0.512. The van der Waals surface area contributed by atoms with E-state index >= 15 is 0 Å². The van der Waals surface area contributed by atoms with Gasteiger partial charge in [0.1, 0.15) is 11.5 Å². The third-order valence-corrected chi connectivity index (χ3v) is 5.42. The van der Waals surface area contributed by atoms with Gasteiger partial charge in [-0.15, -0.1) is 0 Å². The van der Waals surface area contributed by atoms with Crippen LogP contribution in [0.5, 0.6) is 11.5 Å². The van der Waals surface area contributed by atoms with Crippen molar-refractivity contribution < 1.29 is 19.4 Å². The molecule has 4 aliphatic rings. The number of benzene rings is 1. The smallest absolute Gasteiger partial charge is 0.254 e. The third kappa shape index (κ3) is 2.69. The number of fused-ring (bicyclic) bond motifs is 1. The molecule has 6 nitrogen and oxygen atoms in total. The van der Waals surface area contributed by atoms with Crippen LogP contribution in [0, 0.1) is 23.7 Å². The van der Waals surface area contributed by atoms with Crippen LogP contribution < -0.4 is 4.74 Å². The summed E-state index contributed by atoms with van der Waals surface area (Å²) in [6, 6.07) is 4.87. The second kappa shape index (κ2) is 6.27. The number of imide groups is 1. The lowest BCUT2D eigenvalue weighted by molar-refractivity contribution is -0.140. The van der Waals surface area contributed by atoms with Crippen LogP contribution in [-0.4, -0.2) is 34.2 Å². The van der Waals surface area contributed by atoms with Crippen molar-refractivity contribution in [3.05, 3.63) is 35.9 Å². The summed E-state index contributed by atoms with van der Waals surface area (Å²) < 4.78 is 5.53. The van der Waals surface area contributed by atoms with Crippen molar-refractivity contribution in [2.75, 3.05) is 0 Å². The molecule has 1 saturated carbocycles. The minimum absolute atomic E-state index is 0.00100. The molecule has 0 spiro atoms. The Morgan fingerprint density at radius 2 is 1.77 bits per heavy atom. The van der Waals surface area contributed by atoms with Gasteiger partial charge < -0.3 is 9.84 Å². The van der Waals surface area contributed by atoms with E-state index in [0.717, 1.165) is 17.9 Å². The Bertz CT molecular complexity index is 782. The van der Waals surface area contributed by atoms with Crippen LogP contribution in [0.3, 0.4) is 0 Å². The highest BCUT2D eigenvalue weighted by atomic mass is 16.5. The van der Waals surface area contributed by atoms with Gasteiger partial charge >= 0.3 is 0 Å². The molecule has 3 aliphatic carbocycles. The maximum Gasteiger partial charge on any atom is 0.254 e. The average Bonchev–Trinajstić information content (AvgIpc) is 2.88. The predicted octanol–water partition coefficient (Wildman–Crippen LogP) is 2.71. The van der Waals surface area contributed by atoms with Crippen molar-refractivity contribution in [1.29, 1.82) is 0 Å². The summed E-state index contributed by atoms with van der Waals surface area (Å²) >= 11 is 0. The van der Waals surface area contributed by atoms with Crippen LogP contribution >= 0.6 is 0 Å². The number of phenolic OH excluding ortho intramolecular Hbond substituents is 1. The summed E-state index contributed by atoms with van der Waals surface area (Å²) in [5, 5.41) is 15.2. The van der Waals surface area contributed by atoms with E-state index in [2.05, 4.69) is 17.3 Å². The van der Waals surface area contributed by atoms with E-state index in [1.807, 2.05) is 13.8 Å². The van der Waals surface area contributed by atoms with Gasteiger partial charge in [-0.2, -0.15) is 10.1 Å². The molecule has 2 amide bonds. The molecule has 4 atom stereocenters. The number of rotatable bonds is 4. The lowest BCUT2D eigenvalue weighted by Crippen LogP contribution is -2.38. The molecule has 1 aromatic carbocycles. The molecule has 5 rings (SSSR count). The number of amides is 2. The molecule has 136 valence electrons. The van der Waals surface area contributed by atoms with E-state index in [1.165, 1.54) is 12.3 Å². The molecule has 1 aliphatic heterocycles. The van der Waals surface area contributed by atoms with Gasteiger partial charge in [0.05, 0.1) is 24.2 Å². The van der Waals surface area contributed by atoms with Gasteiger partial charge in [-0.25, -0.2) is 0 Å². The van der Waals surface area contributed by atoms with Crippen LogP contribution in [-0.2, 0) is 9.59 Å². The van der Waals surface area contributed by atoms with Gasteiger partial charge in [-0.05, 0) is 50.7 Å². The highest BCUT2D eigenvalue weighted by molar-refractivity contribution is 6.06. The molecule has 26 heavy (non-hydrogen) atoms. The number of aromatic hydroxyl groups is 1. The number of nitrogens with zero attached hydrogens (tertiary/aromatic N) is 2. The van der Waals surface area contributed by atoms with Crippen LogP contribution in [0.25, 0.3) is 0 Å². The fourth-order valence-corrected chi connectivity index (χ4v) is 4.27. The predicted molar refractivity (Wildman–Crippen MR) is 95.7 cm³/mol. The first-order chi connectivity index (χ1) is 12.5. The number of allylic oxidation sites excluding steroid dienone is 2. The van der Waals surface area contributed by atoms with Gasteiger partial charge in [0.25, 0.3) is 11.8 Å². The van der Waals surface area contributed by atoms with E-state index in [0.29, 0.717) is 11.3 Å². The number of carbonyl (C=O) groups excluding carboxylic acids is 2. The SMILES string of the molecule is CC(C)Oc1ccc(/C=N\N2C(=O)[C@H]3[C@H](C2=O)[C@H]2C=C[C@H]3CC2)c(O)c1. The first-order valence-electron chi connectivity index (χ1n) is 9.05. The number of phenols is 1. The van der Waals surface area contributed by atoms with Crippen LogP contribution in [0.2, 0.25) is 0 Å². The second-order valence-corrected chi connectivity index (χ2v) is 7.46. The number of hydrogen-bond donors (Lipinski definition) is 1. The Morgan fingerprint density at radius 1 is 1.15 bits per heavy atom. The topological polar surface area (TPSA) is 79.2 Å². The standard InChI is InChI=1S/C20H22N2O4/c1-11(2)26-15-8-7-14(16(23)9-15)10-21-22-19(24)17-12-3-4-13(6-5-12)18(17)20(22)25/h3-4,7-13,17-18,23H,5-6H2,1-2H3/b21-10-/t12-,13-,17+,18+/m0/s1. The molecule has 1 aromatic rings. The Labute approximate surface area is 152 Å². The van der Waals surface area contributed by atoms with Crippen LogP contribution in [0.15, 0.2) is 35.5 Å². The van der Waals surface area contributed by atoms with E-state index in [4.69, 9.17) is 4.74 Å². The fourth-order valence-electron chi connectivity index (χ4n) is 4.27. The van der Waals surface area contributed by atoms with Crippen molar-refractivity contribution in [3.63, 3.8) is 0 Å². The van der Waals surface area contributed by atoms with Crippen molar-refractivity contribution in [1.82, 2.24) is 5.01 Å². The Hall–Kier alpha value is -2.63. The molecule has 0 aromatic heterocycles. The van der Waals surface area contributed by atoms with Crippen molar-refractivity contribution >= 4 is 18.0 Å². The zero-order valence-corrected chi connectivity index (χ0v) is 14.8. The summed E-state index contributed by atoms with van der Waals surface area (Å²) in [4.78, 5) is 25.4. The van der Waals surface area contributed by atoms with E-state index in [-0.39, 0.29) is 47.3 Å². The molecule has 0 radical (unpaired) electrons. The van der Waals surface area contributed by atoms with Gasteiger partial charge in [0, 0.05) is 11.6 Å². The lowest BCUT2D eigenvalue weighted by atomic mass is 9.63. The van der Waals surface area contributed by atoms with Gasteiger partial charge in [0.2, 0.25) is 0 Å². The summed E-state index contributed by atoms with van der Waals surface area (Å²) in [5.74, 6) is -0.187. The maximum absolute atomic E-state index is 12.7. The normalized spacial score (nSPS) is 29.9. The van der Waals surface area contributed by atoms with E-state index in [9.17, 15) is 14.7 Å². The van der Waals surface area contributed by atoms with E-state index in [1.54, 1.807) is 12.1 Å².